The van der Waals surface area contributed by atoms with Crippen LogP contribution in [0.2, 0.25) is 0 Å². The minimum absolute atomic E-state index is 0.0458. The van der Waals surface area contributed by atoms with Crippen LogP contribution in [-0.2, 0) is 11.3 Å². The van der Waals surface area contributed by atoms with Crippen LogP contribution in [0.15, 0.2) is 4.52 Å². The number of carbonyl (C=O) groups is 1. The Morgan fingerprint density at radius 1 is 1.25 bits per heavy atom. The first-order valence-corrected chi connectivity index (χ1v) is 9.25. The maximum absolute atomic E-state index is 12.8. The van der Waals surface area contributed by atoms with E-state index in [9.17, 15) is 4.79 Å². The number of nitrogens with zero attached hydrogens (tertiary/aromatic N) is 4. The summed E-state index contributed by atoms with van der Waals surface area (Å²) in [5.74, 6) is 2.36. The topological polar surface area (TPSA) is 74.5 Å². The molecule has 2 saturated heterocycles. The van der Waals surface area contributed by atoms with Crippen LogP contribution >= 0.6 is 0 Å². The average Bonchev–Trinajstić information content (AvgIpc) is 3.21. The summed E-state index contributed by atoms with van der Waals surface area (Å²) in [5, 5.41) is 7.56. The van der Waals surface area contributed by atoms with E-state index in [0.717, 1.165) is 44.3 Å². The molecule has 0 aromatic carbocycles. The second-order valence-electron chi connectivity index (χ2n) is 7.44. The molecule has 0 bridgehead atoms. The molecule has 4 rings (SSSR count). The Bertz CT molecular complexity index is 567. The Labute approximate surface area is 142 Å². The monoisotopic (exact) mass is 333 g/mol. The van der Waals surface area contributed by atoms with Gasteiger partial charge in [-0.3, -0.25) is 9.69 Å². The van der Waals surface area contributed by atoms with Crippen molar-refractivity contribution in [1.82, 2.24) is 25.3 Å². The molecule has 3 heterocycles. The molecule has 1 aromatic rings. The van der Waals surface area contributed by atoms with Crippen LogP contribution in [0, 0.1) is 12.8 Å². The number of aryl methyl sites for hydroxylation is 1. The van der Waals surface area contributed by atoms with Gasteiger partial charge in [0.25, 0.3) is 0 Å². The van der Waals surface area contributed by atoms with Gasteiger partial charge < -0.3 is 14.7 Å². The summed E-state index contributed by atoms with van der Waals surface area (Å²) in [6.45, 7) is 5.84. The fraction of sp³-hybridized carbons (Fsp3) is 0.824. The number of amides is 1. The van der Waals surface area contributed by atoms with Crippen molar-refractivity contribution in [2.45, 2.75) is 57.7 Å². The number of aromatic nitrogens is 2. The van der Waals surface area contributed by atoms with E-state index in [1.165, 1.54) is 25.7 Å². The smallest absolute Gasteiger partial charge is 0.239 e. The third-order valence-corrected chi connectivity index (χ3v) is 5.78. The lowest BCUT2D eigenvalue weighted by atomic mass is 9.85. The van der Waals surface area contributed by atoms with Crippen LogP contribution in [0.3, 0.4) is 0 Å². The van der Waals surface area contributed by atoms with E-state index in [2.05, 4.69) is 20.4 Å². The maximum atomic E-state index is 12.8. The van der Waals surface area contributed by atoms with Crippen molar-refractivity contribution in [3.63, 3.8) is 0 Å². The Morgan fingerprint density at radius 3 is 2.75 bits per heavy atom. The molecule has 7 heteroatoms. The van der Waals surface area contributed by atoms with Crippen molar-refractivity contribution in [3.8, 4) is 0 Å². The van der Waals surface area contributed by atoms with E-state index >= 15 is 0 Å². The van der Waals surface area contributed by atoms with E-state index in [1.807, 2.05) is 4.90 Å². The molecule has 0 radical (unpaired) electrons. The molecule has 1 N–H and O–H groups in total. The van der Waals surface area contributed by atoms with Gasteiger partial charge >= 0.3 is 0 Å². The minimum atomic E-state index is 0.0458. The normalized spacial score (nSPS) is 31.2. The lowest BCUT2D eigenvalue weighted by Gasteiger charge is -2.35. The fourth-order valence-electron chi connectivity index (χ4n) is 4.46. The van der Waals surface area contributed by atoms with Gasteiger partial charge in [0.05, 0.1) is 12.6 Å². The molecular weight excluding hydrogens is 306 g/mol. The predicted molar refractivity (Wildman–Crippen MR) is 88.2 cm³/mol. The summed E-state index contributed by atoms with van der Waals surface area (Å²) in [6, 6.07) is 0.625. The van der Waals surface area contributed by atoms with E-state index in [-0.39, 0.29) is 6.04 Å². The van der Waals surface area contributed by atoms with Crippen molar-refractivity contribution in [3.05, 3.63) is 11.7 Å². The van der Waals surface area contributed by atoms with Crippen molar-refractivity contribution in [1.29, 1.82) is 0 Å². The summed E-state index contributed by atoms with van der Waals surface area (Å²) in [5.41, 5.74) is 0. The highest BCUT2D eigenvalue weighted by atomic mass is 16.5. The molecule has 0 spiro atoms. The quantitative estimate of drug-likeness (QED) is 0.887. The third-order valence-electron chi connectivity index (χ3n) is 5.78. The van der Waals surface area contributed by atoms with Crippen molar-refractivity contribution >= 4 is 5.91 Å². The molecule has 3 fully saturated rings. The number of hydrogen-bond donors (Lipinski definition) is 1. The van der Waals surface area contributed by atoms with Gasteiger partial charge in [0.1, 0.15) is 0 Å². The molecular formula is C17H27N5O2. The largest absolute Gasteiger partial charge is 0.340 e. The summed E-state index contributed by atoms with van der Waals surface area (Å²) in [4.78, 5) is 21.4. The number of hydrogen-bond acceptors (Lipinski definition) is 6. The molecule has 1 saturated carbocycles. The van der Waals surface area contributed by atoms with Gasteiger partial charge in [-0.25, -0.2) is 0 Å². The zero-order chi connectivity index (χ0) is 16.5. The predicted octanol–water partition coefficient (Wildman–Crippen LogP) is 0.943. The zero-order valence-electron chi connectivity index (χ0n) is 14.4. The van der Waals surface area contributed by atoms with Gasteiger partial charge in [-0.1, -0.05) is 18.0 Å². The van der Waals surface area contributed by atoms with Gasteiger partial charge in [0.2, 0.25) is 11.8 Å². The van der Waals surface area contributed by atoms with Gasteiger partial charge in [0.15, 0.2) is 5.82 Å². The fourth-order valence-corrected chi connectivity index (χ4v) is 4.46. The van der Waals surface area contributed by atoms with Crippen LogP contribution in [-0.4, -0.2) is 64.1 Å². The number of carbonyl (C=O) groups excluding carboxylic acids is 1. The molecule has 1 amide bonds. The van der Waals surface area contributed by atoms with Crippen LogP contribution < -0.4 is 5.32 Å². The standard InChI is InChI=1S/C17H27N5O2/c1-12-18-16(20-24-12)11-21-6-8-22(9-7-21)17(23)15-10-13-4-2-3-5-14(13)19-15/h13-15,19H,2-11H2,1H3. The van der Waals surface area contributed by atoms with E-state index in [0.29, 0.717) is 24.4 Å². The molecule has 2 aliphatic heterocycles. The minimum Gasteiger partial charge on any atom is -0.340 e. The molecule has 3 unspecified atom stereocenters. The Balaban J connectivity index is 1.27. The Hall–Kier alpha value is -1.47. The highest BCUT2D eigenvalue weighted by molar-refractivity contribution is 5.82. The van der Waals surface area contributed by atoms with Gasteiger partial charge in [-0.2, -0.15) is 4.98 Å². The molecule has 1 aromatic heterocycles. The van der Waals surface area contributed by atoms with E-state index in [4.69, 9.17) is 4.52 Å². The number of rotatable bonds is 3. The Kier molecular flexibility index (Phi) is 4.54. The van der Waals surface area contributed by atoms with Crippen LogP contribution in [0.1, 0.15) is 43.8 Å². The van der Waals surface area contributed by atoms with Gasteiger partial charge in [-0.15, -0.1) is 0 Å². The highest BCUT2D eigenvalue weighted by Gasteiger charge is 2.40. The van der Waals surface area contributed by atoms with Crippen molar-refractivity contribution in [2.24, 2.45) is 5.92 Å². The van der Waals surface area contributed by atoms with Gasteiger partial charge in [-0.05, 0) is 25.2 Å². The average molecular weight is 333 g/mol. The van der Waals surface area contributed by atoms with Crippen LogP contribution in [0.25, 0.3) is 0 Å². The highest BCUT2D eigenvalue weighted by Crippen LogP contribution is 2.33. The molecule has 3 atom stereocenters. The van der Waals surface area contributed by atoms with Crippen LogP contribution in [0.4, 0.5) is 0 Å². The first-order valence-electron chi connectivity index (χ1n) is 9.25. The van der Waals surface area contributed by atoms with Crippen LogP contribution in [0.5, 0.6) is 0 Å². The SMILES string of the molecule is Cc1nc(CN2CCN(C(=O)C3CC4CCCCC4N3)CC2)no1. The molecule has 7 nitrogen and oxygen atoms in total. The lowest BCUT2D eigenvalue weighted by Crippen LogP contribution is -2.53. The van der Waals surface area contributed by atoms with E-state index in [1.54, 1.807) is 6.92 Å². The first-order chi connectivity index (χ1) is 11.7. The number of nitrogens with one attached hydrogen (secondary N) is 1. The molecule has 24 heavy (non-hydrogen) atoms. The molecule has 3 aliphatic rings. The zero-order valence-corrected chi connectivity index (χ0v) is 14.4. The first kappa shape index (κ1) is 16.0. The summed E-state index contributed by atoms with van der Waals surface area (Å²) in [7, 11) is 0. The second-order valence-corrected chi connectivity index (χ2v) is 7.44. The van der Waals surface area contributed by atoms with Crippen molar-refractivity contribution in [2.75, 3.05) is 26.2 Å². The summed E-state index contributed by atoms with van der Waals surface area (Å²) in [6.07, 6.45) is 6.21. The second kappa shape index (κ2) is 6.80. The van der Waals surface area contributed by atoms with Crippen molar-refractivity contribution < 1.29 is 9.32 Å². The molecule has 1 aliphatic carbocycles. The number of fused-ring (bicyclic) bond motifs is 1. The van der Waals surface area contributed by atoms with Gasteiger partial charge in [0, 0.05) is 39.1 Å². The maximum Gasteiger partial charge on any atom is 0.239 e. The molecule has 132 valence electrons. The summed E-state index contributed by atoms with van der Waals surface area (Å²) >= 11 is 0. The summed E-state index contributed by atoms with van der Waals surface area (Å²) < 4.78 is 5.02. The van der Waals surface area contributed by atoms with E-state index < -0.39 is 0 Å². The third kappa shape index (κ3) is 3.32. The number of piperazine rings is 1. The lowest BCUT2D eigenvalue weighted by molar-refractivity contribution is -0.135. The Morgan fingerprint density at radius 2 is 2.04 bits per heavy atom.